The van der Waals surface area contributed by atoms with E-state index in [0.717, 1.165) is 10.9 Å². The molecule has 3 amide bonds. The number of carboxylic acid groups (broad SMARTS) is 1. The van der Waals surface area contributed by atoms with Crippen molar-refractivity contribution in [3.05, 3.63) is 65.9 Å². The highest BCUT2D eigenvalue weighted by Gasteiger charge is 2.30. The number of hydrogen-bond acceptors (Lipinski definition) is 8. The van der Waals surface area contributed by atoms with E-state index in [0.29, 0.717) is 11.1 Å². The summed E-state index contributed by atoms with van der Waals surface area (Å²) in [6, 6.07) is 8.53. The molecule has 0 aliphatic rings. The minimum Gasteiger partial charge on any atom is -0.508 e. The van der Waals surface area contributed by atoms with Crippen LogP contribution in [0.25, 0.3) is 10.9 Å². The first-order valence-corrected chi connectivity index (χ1v) is 12.7. The molecule has 3 aromatic rings. The number of rotatable bonds is 13. The Balaban J connectivity index is 1.78. The molecule has 3 rings (SSSR count). The van der Waals surface area contributed by atoms with Gasteiger partial charge in [-0.1, -0.05) is 30.3 Å². The first-order valence-electron chi connectivity index (χ1n) is 12.1. The molecule has 39 heavy (non-hydrogen) atoms. The van der Waals surface area contributed by atoms with Crippen molar-refractivity contribution in [1.82, 2.24) is 20.9 Å². The normalized spacial score (nSPS) is 14.1. The number of phenols is 1. The molecular formula is C26H31N5O7S. The maximum Gasteiger partial charge on any atom is 0.327 e. The topological polar surface area (TPSA) is 207 Å². The Morgan fingerprint density at radius 1 is 0.872 bits per heavy atom. The Morgan fingerprint density at radius 3 is 2.13 bits per heavy atom. The average Bonchev–Trinajstić information content (AvgIpc) is 3.33. The van der Waals surface area contributed by atoms with Gasteiger partial charge in [0.1, 0.15) is 23.9 Å². The highest BCUT2D eigenvalue weighted by molar-refractivity contribution is 7.80. The molecule has 4 atom stereocenters. The number of H-pyrrole nitrogens is 1. The van der Waals surface area contributed by atoms with E-state index >= 15 is 0 Å². The molecule has 0 saturated carbocycles. The first kappa shape index (κ1) is 29.5. The van der Waals surface area contributed by atoms with Crippen LogP contribution in [0.1, 0.15) is 11.1 Å². The van der Waals surface area contributed by atoms with Crippen molar-refractivity contribution in [3.8, 4) is 5.75 Å². The van der Waals surface area contributed by atoms with Gasteiger partial charge in [-0.2, -0.15) is 12.6 Å². The Hall–Kier alpha value is -4.07. The number of aromatic amines is 1. The Bertz CT molecular complexity index is 1310. The summed E-state index contributed by atoms with van der Waals surface area (Å²) >= 11 is 3.89. The Labute approximate surface area is 229 Å². The molecule has 0 spiro atoms. The molecule has 13 heteroatoms. The van der Waals surface area contributed by atoms with E-state index < -0.39 is 54.5 Å². The minimum absolute atomic E-state index is 0.0294. The van der Waals surface area contributed by atoms with E-state index in [2.05, 4.69) is 33.6 Å². The van der Waals surface area contributed by atoms with Crippen LogP contribution in [0.3, 0.4) is 0 Å². The van der Waals surface area contributed by atoms with Gasteiger partial charge < -0.3 is 42.0 Å². The summed E-state index contributed by atoms with van der Waals surface area (Å²) in [5.41, 5.74) is 8.32. The van der Waals surface area contributed by atoms with Crippen molar-refractivity contribution in [2.45, 2.75) is 37.0 Å². The van der Waals surface area contributed by atoms with Gasteiger partial charge >= 0.3 is 5.97 Å². The lowest BCUT2D eigenvalue weighted by atomic mass is 10.0. The van der Waals surface area contributed by atoms with Gasteiger partial charge in [0.15, 0.2) is 0 Å². The number of carbonyl (C=O) groups excluding carboxylic acids is 3. The van der Waals surface area contributed by atoms with Crippen LogP contribution < -0.4 is 21.7 Å². The summed E-state index contributed by atoms with van der Waals surface area (Å²) in [4.78, 5) is 53.2. The number of aliphatic hydroxyl groups excluding tert-OH is 1. The zero-order chi connectivity index (χ0) is 28.5. The number of phenolic OH excluding ortho intramolecular Hbond substituents is 1. The van der Waals surface area contributed by atoms with E-state index in [9.17, 15) is 29.4 Å². The molecule has 0 aliphatic heterocycles. The van der Waals surface area contributed by atoms with Gasteiger partial charge in [0.25, 0.3) is 0 Å². The quantitative estimate of drug-likeness (QED) is 0.124. The summed E-state index contributed by atoms with van der Waals surface area (Å²) in [6.45, 7) is -0.815. The lowest BCUT2D eigenvalue weighted by Crippen LogP contribution is -2.58. The number of hydrogen-bond donors (Lipinski definition) is 9. The van der Waals surface area contributed by atoms with Crippen LogP contribution in [0, 0.1) is 0 Å². The second-order valence-corrected chi connectivity index (χ2v) is 9.29. The summed E-state index contributed by atoms with van der Waals surface area (Å²) < 4.78 is 0. The highest BCUT2D eigenvalue weighted by Crippen LogP contribution is 2.19. The monoisotopic (exact) mass is 557 g/mol. The van der Waals surface area contributed by atoms with Crippen LogP contribution in [0.4, 0.5) is 0 Å². The number of aromatic nitrogens is 1. The third kappa shape index (κ3) is 7.96. The predicted octanol–water partition coefficient (Wildman–Crippen LogP) is -0.553. The number of thiol groups is 1. The number of nitrogens with two attached hydrogens (primary N) is 1. The molecule has 0 fully saturated rings. The number of aromatic hydroxyl groups is 1. The molecular weight excluding hydrogens is 526 g/mol. The number of carboxylic acids is 1. The third-order valence-corrected chi connectivity index (χ3v) is 6.44. The zero-order valence-electron chi connectivity index (χ0n) is 20.8. The van der Waals surface area contributed by atoms with Crippen LogP contribution in [0.5, 0.6) is 5.75 Å². The highest BCUT2D eigenvalue weighted by atomic mass is 32.1. The fraction of sp³-hybridized carbons (Fsp3) is 0.308. The van der Waals surface area contributed by atoms with Crippen molar-refractivity contribution in [2.24, 2.45) is 5.73 Å². The standard InChI is InChI=1S/C26H31N5O7S/c27-18(9-14-5-7-16(33)8-6-14)23(34)29-20(10-15-11-28-19-4-2-1-3-17(15)19)24(35)30-21(12-32)25(36)31-22(13-39)26(37)38/h1-8,11,18,20-22,28,32-33,39H,9-10,12-13,27H2,(H,29,34)(H,30,35)(H,31,36)(H,37,38). The van der Waals surface area contributed by atoms with Gasteiger partial charge in [-0.05, 0) is 35.7 Å². The van der Waals surface area contributed by atoms with Crippen LogP contribution >= 0.6 is 12.6 Å². The third-order valence-electron chi connectivity index (χ3n) is 6.07. The molecule has 0 bridgehead atoms. The van der Waals surface area contributed by atoms with E-state index in [1.54, 1.807) is 18.3 Å². The molecule has 2 aromatic carbocycles. The number of nitrogens with one attached hydrogen (secondary N) is 4. The Morgan fingerprint density at radius 2 is 1.49 bits per heavy atom. The van der Waals surface area contributed by atoms with E-state index in [4.69, 9.17) is 10.8 Å². The van der Waals surface area contributed by atoms with Gasteiger partial charge in [-0.15, -0.1) is 0 Å². The van der Waals surface area contributed by atoms with E-state index in [1.165, 1.54) is 12.1 Å². The van der Waals surface area contributed by atoms with Crippen LogP contribution in [0.2, 0.25) is 0 Å². The SMILES string of the molecule is NC(Cc1ccc(O)cc1)C(=O)NC(Cc1c[nH]c2ccccc12)C(=O)NC(CO)C(=O)NC(CS)C(=O)O. The smallest absolute Gasteiger partial charge is 0.327 e. The number of benzene rings is 2. The van der Waals surface area contributed by atoms with Gasteiger partial charge in [-0.3, -0.25) is 14.4 Å². The molecule has 1 aromatic heterocycles. The maximum atomic E-state index is 13.3. The fourth-order valence-electron chi connectivity index (χ4n) is 3.91. The zero-order valence-corrected chi connectivity index (χ0v) is 21.7. The average molecular weight is 558 g/mol. The largest absolute Gasteiger partial charge is 0.508 e. The number of aliphatic carboxylic acids is 1. The summed E-state index contributed by atoms with van der Waals surface area (Å²) in [5, 5.41) is 36.4. The molecule has 0 aliphatic carbocycles. The van der Waals surface area contributed by atoms with Crippen molar-refractivity contribution in [3.63, 3.8) is 0 Å². The van der Waals surface area contributed by atoms with Crippen molar-refractivity contribution in [2.75, 3.05) is 12.4 Å². The van der Waals surface area contributed by atoms with Crippen molar-refractivity contribution < 1.29 is 34.5 Å². The fourth-order valence-corrected chi connectivity index (χ4v) is 4.16. The molecule has 1 heterocycles. The van der Waals surface area contributed by atoms with Gasteiger partial charge in [-0.25, -0.2) is 4.79 Å². The number of aliphatic hydroxyl groups is 1. The summed E-state index contributed by atoms with van der Waals surface area (Å²) in [7, 11) is 0. The second kappa shape index (κ2) is 13.6. The maximum absolute atomic E-state index is 13.3. The van der Waals surface area contributed by atoms with Crippen molar-refractivity contribution >= 4 is 47.2 Å². The summed E-state index contributed by atoms with van der Waals surface area (Å²) in [6.07, 6.45) is 1.87. The van der Waals surface area contributed by atoms with Crippen LogP contribution in [0.15, 0.2) is 54.7 Å². The minimum atomic E-state index is -1.48. The number of amides is 3. The lowest BCUT2D eigenvalue weighted by Gasteiger charge is -2.24. The van der Waals surface area contributed by atoms with Crippen molar-refractivity contribution in [1.29, 1.82) is 0 Å². The van der Waals surface area contributed by atoms with E-state index in [1.807, 2.05) is 24.3 Å². The molecule has 12 nitrogen and oxygen atoms in total. The summed E-state index contributed by atoms with van der Waals surface area (Å²) in [5.74, 6) is -3.79. The molecule has 0 radical (unpaired) electrons. The number of para-hydroxylation sites is 1. The van der Waals surface area contributed by atoms with Crippen LogP contribution in [-0.2, 0) is 32.0 Å². The van der Waals surface area contributed by atoms with Gasteiger partial charge in [0.2, 0.25) is 17.7 Å². The lowest BCUT2D eigenvalue weighted by molar-refractivity contribution is -0.142. The van der Waals surface area contributed by atoms with Crippen LogP contribution in [-0.4, -0.2) is 80.5 Å². The molecule has 4 unspecified atom stereocenters. The molecule has 9 N–H and O–H groups in total. The van der Waals surface area contributed by atoms with Gasteiger partial charge in [0.05, 0.1) is 12.6 Å². The number of fused-ring (bicyclic) bond motifs is 1. The predicted molar refractivity (Wildman–Crippen MR) is 146 cm³/mol. The Kier molecular flexibility index (Phi) is 10.3. The second-order valence-electron chi connectivity index (χ2n) is 8.93. The number of carbonyl (C=O) groups is 4. The van der Waals surface area contributed by atoms with Gasteiger partial charge in [0, 0.05) is 29.3 Å². The first-order chi connectivity index (χ1) is 18.6. The molecule has 208 valence electrons. The molecule has 0 saturated heterocycles. The van der Waals surface area contributed by atoms with E-state index in [-0.39, 0.29) is 24.3 Å².